The number of likely N-dealkylation sites (tertiary alicyclic amines) is 1. The first-order valence-corrected chi connectivity index (χ1v) is 11.7. The number of aryl methyl sites for hydroxylation is 1. The van der Waals surface area contributed by atoms with Crippen LogP contribution in [0.3, 0.4) is 0 Å². The molecule has 1 aromatic heterocycles. The molecule has 1 N–H and O–H groups in total. The topological polar surface area (TPSA) is 84.3 Å². The lowest BCUT2D eigenvalue weighted by Crippen LogP contribution is -2.41. The second-order valence-corrected chi connectivity index (χ2v) is 8.95. The van der Waals surface area contributed by atoms with Gasteiger partial charge in [0.1, 0.15) is 0 Å². The number of hydrogen-bond donors (Lipinski definition) is 1. The molecule has 0 spiro atoms. The second-order valence-electron chi connectivity index (χ2n) is 8.95. The fraction of sp³-hybridized carbons (Fsp3) is 0.333. The number of Topliss-reactive ketones (excluding diaryl/α,β-unsaturated/α-hetero) is 1. The highest BCUT2D eigenvalue weighted by atomic mass is 16.2. The van der Waals surface area contributed by atoms with Gasteiger partial charge in [0.25, 0.3) is 5.91 Å². The predicted molar refractivity (Wildman–Crippen MR) is 131 cm³/mol. The molecule has 3 aromatic rings. The molecule has 1 unspecified atom stereocenters. The minimum absolute atomic E-state index is 0.0173. The molecule has 2 aromatic carbocycles. The van der Waals surface area contributed by atoms with Gasteiger partial charge in [-0.3, -0.25) is 14.4 Å². The zero-order chi connectivity index (χ0) is 24.2. The maximum atomic E-state index is 13.2. The van der Waals surface area contributed by atoms with Crippen LogP contribution in [-0.2, 0) is 4.79 Å². The Balaban J connectivity index is 1.35. The summed E-state index contributed by atoms with van der Waals surface area (Å²) in [6.45, 7) is 6.51. The van der Waals surface area contributed by atoms with Crippen LogP contribution in [0.15, 0.2) is 60.8 Å². The first-order chi connectivity index (χ1) is 16.3. The summed E-state index contributed by atoms with van der Waals surface area (Å²) in [4.78, 5) is 39.4. The van der Waals surface area contributed by atoms with Crippen molar-refractivity contribution in [2.45, 2.75) is 33.6 Å². The minimum atomic E-state index is -0.194. The zero-order valence-corrected chi connectivity index (χ0v) is 19.8. The van der Waals surface area contributed by atoms with Gasteiger partial charge in [-0.2, -0.15) is 5.10 Å². The van der Waals surface area contributed by atoms with Crippen LogP contribution in [0.4, 0.5) is 5.69 Å². The van der Waals surface area contributed by atoms with Gasteiger partial charge >= 0.3 is 0 Å². The van der Waals surface area contributed by atoms with Crippen molar-refractivity contribution in [3.8, 4) is 5.69 Å². The molecule has 34 heavy (non-hydrogen) atoms. The Morgan fingerprint density at radius 1 is 1.03 bits per heavy atom. The number of carbonyl (C=O) groups is 3. The van der Waals surface area contributed by atoms with E-state index in [0.29, 0.717) is 35.6 Å². The van der Waals surface area contributed by atoms with Gasteiger partial charge in [0, 0.05) is 36.5 Å². The molecule has 2 amide bonds. The number of anilines is 1. The van der Waals surface area contributed by atoms with Gasteiger partial charge in [-0.25, -0.2) is 4.68 Å². The van der Waals surface area contributed by atoms with Crippen molar-refractivity contribution < 1.29 is 14.4 Å². The monoisotopic (exact) mass is 458 g/mol. The Labute approximate surface area is 199 Å². The molecule has 0 aliphatic carbocycles. The van der Waals surface area contributed by atoms with Gasteiger partial charge in [-0.15, -0.1) is 0 Å². The van der Waals surface area contributed by atoms with Crippen molar-refractivity contribution in [1.29, 1.82) is 0 Å². The van der Waals surface area contributed by atoms with Crippen molar-refractivity contribution in [2.24, 2.45) is 11.8 Å². The van der Waals surface area contributed by atoms with Gasteiger partial charge < -0.3 is 10.2 Å². The third-order valence-electron chi connectivity index (χ3n) is 6.63. The van der Waals surface area contributed by atoms with E-state index in [4.69, 9.17) is 0 Å². The number of rotatable bonds is 6. The molecule has 1 saturated heterocycles. The van der Waals surface area contributed by atoms with E-state index in [2.05, 4.69) is 10.4 Å². The summed E-state index contributed by atoms with van der Waals surface area (Å²) in [5.74, 6) is -0.124. The minimum Gasteiger partial charge on any atom is -0.339 e. The van der Waals surface area contributed by atoms with Gasteiger partial charge in [-0.1, -0.05) is 37.3 Å². The van der Waals surface area contributed by atoms with Crippen LogP contribution in [0.25, 0.3) is 5.69 Å². The first kappa shape index (κ1) is 23.4. The Kier molecular flexibility index (Phi) is 6.91. The van der Waals surface area contributed by atoms with Crippen molar-refractivity contribution in [3.63, 3.8) is 0 Å². The van der Waals surface area contributed by atoms with Crippen LogP contribution >= 0.6 is 0 Å². The molecule has 1 atom stereocenters. The van der Waals surface area contributed by atoms with Crippen LogP contribution in [0.5, 0.6) is 0 Å². The van der Waals surface area contributed by atoms with E-state index in [-0.39, 0.29) is 29.4 Å². The SMILES string of the molecule is CC(=O)c1cccc(NC(=O)C(C)C2CCN(C(=O)c3cn(-c4ccccc4)nc3C)CC2)c1. The van der Waals surface area contributed by atoms with Gasteiger partial charge in [0.2, 0.25) is 5.91 Å². The molecule has 7 heteroatoms. The Hall–Kier alpha value is -3.74. The fourth-order valence-corrected chi connectivity index (χ4v) is 4.44. The molecule has 1 aliphatic heterocycles. The summed E-state index contributed by atoms with van der Waals surface area (Å²) in [5, 5.41) is 7.45. The number of nitrogens with one attached hydrogen (secondary N) is 1. The molecule has 1 fully saturated rings. The number of benzene rings is 2. The Morgan fingerprint density at radius 2 is 1.74 bits per heavy atom. The highest BCUT2D eigenvalue weighted by Gasteiger charge is 2.31. The van der Waals surface area contributed by atoms with Gasteiger partial charge in [0.15, 0.2) is 5.78 Å². The van der Waals surface area contributed by atoms with E-state index in [1.807, 2.05) is 49.1 Å². The van der Waals surface area contributed by atoms with E-state index < -0.39 is 0 Å². The van der Waals surface area contributed by atoms with Gasteiger partial charge in [-0.05, 0) is 56.9 Å². The van der Waals surface area contributed by atoms with Crippen molar-refractivity contribution in [1.82, 2.24) is 14.7 Å². The summed E-state index contributed by atoms with van der Waals surface area (Å²) < 4.78 is 1.74. The van der Waals surface area contributed by atoms with Crippen LogP contribution in [0, 0.1) is 18.8 Å². The third-order valence-corrected chi connectivity index (χ3v) is 6.63. The normalized spacial score (nSPS) is 15.1. The number of carbonyl (C=O) groups excluding carboxylic acids is 3. The van der Waals surface area contributed by atoms with Crippen molar-refractivity contribution in [3.05, 3.63) is 77.6 Å². The number of ketones is 1. The van der Waals surface area contributed by atoms with Crippen molar-refractivity contribution >= 4 is 23.3 Å². The quantitative estimate of drug-likeness (QED) is 0.551. The molecular weight excluding hydrogens is 428 g/mol. The molecule has 0 radical (unpaired) electrons. The van der Waals surface area contributed by atoms with Crippen LogP contribution < -0.4 is 5.32 Å². The molecular formula is C27H30N4O3. The van der Waals surface area contributed by atoms with Crippen molar-refractivity contribution in [2.75, 3.05) is 18.4 Å². The van der Waals surface area contributed by atoms with Crippen LogP contribution in [0.1, 0.15) is 53.1 Å². The molecule has 4 rings (SSSR count). The highest BCUT2D eigenvalue weighted by Crippen LogP contribution is 2.27. The van der Waals surface area contributed by atoms with E-state index in [9.17, 15) is 14.4 Å². The maximum Gasteiger partial charge on any atom is 0.257 e. The summed E-state index contributed by atoms with van der Waals surface area (Å²) in [6, 6.07) is 16.7. The maximum absolute atomic E-state index is 13.2. The predicted octanol–water partition coefficient (Wildman–Crippen LogP) is 4.51. The standard InChI is InChI=1S/C27H30N4O3/c1-18(26(33)28-23-9-7-8-22(16-23)20(3)32)21-12-14-30(15-13-21)27(34)25-17-31(29-19(25)2)24-10-5-4-6-11-24/h4-11,16-18,21H,12-15H2,1-3H3,(H,28,33). The number of aromatic nitrogens is 2. The number of piperidine rings is 1. The zero-order valence-electron chi connectivity index (χ0n) is 19.8. The lowest BCUT2D eigenvalue weighted by atomic mass is 9.84. The number of nitrogens with zero attached hydrogens (tertiary/aromatic N) is 3. The molecule has 1 aliphatic rings. The summed E-state index contributed by atoms with van der Waals surface area (Å²) in [5.41, 5.74) is 3.43. The molecule has 176 valence electrons. The highest BCUT2D eigenvalue weighted by molar-refractivity contribution is 5.97. The average Bonchev–Trinajstić information content (AvgIpc) is 3.25. The Bertz CT molecular complexity index is 1190. The van der Waals surface area contributed by atoms with Gasteiger partial charge in [0.05, 0.1) is 16.9 Å². The van der Waals surface area contributed by atoms with E-state index in [1.54, 1.807) is 35.1 Å². The van der Waals surface area contributed by atoms with E-state index in [1.165, 1.54) is 6.92 Å². The summed E-state index contributed by atoms with van der Waals surface area (Å²) in [7, 11) is 0. The summed E-state index contributed by atoms with van der Waals surface area (Å²) >= 11 is 0. The Morgan fingerprint density at radius 3 is 2.41 bits per heavy atom. The second kappa shape index (κ2) is 10.0. The molecule has 7 nitrogen and oxygen atoms in total. The van der Waals surface area contributed by atoms with E-state index in [0.717, 1.165) is 18.5 Å². The van der Waals surface area contributed by atoms with Crippen LogP contribution in [0.2, 0.25) is 0 Å². The third kappa shape index (κ3) is 5.09. The molecule has 2 heterocycles. The smallest absolute Gasteiger partial charge is 0.257 e. The average molecular weight is 459 g/mol. The van der Waals surface area contributed by atoms with Crippen LogP contribution in [-0.4, -0.2) is 45.4 Å². The largest absolute Gasteiger partial charge is 0.339 e. The van der Waals surface area contributed by atoms with E-state index >= 15 is 0 Å². The lowest BCUT2D eigenvalue weighted by Gasteiger charge is -2.34. The first-order valence-electron chi connectivity index (χ1n) is 11.7. The number of amides is 2. The molecule has 0 bridgehead atoms. The molecule has 0 saturated carbocycles. The number of para-hydroxylation sites is 1. The number of hydrogen-bond acceptors (Lipinski definition) is 4. The fourth-order valence-electron chi connectivity index (χ4n) is 4.44. The lowest BCUT2D eigenvalue weighted by molar-refractivity contribution is -0.121. The summed E-state index contributed by atoms with van der Waals surface area (Å²) in [6.07, 6.45) is 3.32.